The van der Waals surface area contributed by atoms with E-state index in [4.69, 9.17) is 9.47 Å². The number of methoxy groups -OCH3 is 1. The van der Waals surface area contributed by atoms with Crippen molar-refractivity contribution in [3.8, 4) is 0 Å². The van der Waals surface area contributed by atoms with E-state index in [1.54, 1.807) is 0 Å². The van der Waals surface area contributed by atoms with Gasteiger partial charge in [-0.3, -0.25) is 4.79 Å². The second kappa shape index (κ2) is 6.48. The van der Waals surface area contributed by atoms with E-state index in [-0.39, 0.29) is 5.78 Å². The molecule has 0 bridgehead atoms. The fourth-order valence-electron chi connectivity index (χ4n) is 1.42. The van der Waals surface area contributed by atoms with E-state index in [9.17, 15) is 4.79 Å². The fourth-order valence-corrected chi connectivity index (χ4v) is 1.42. The number of ether oxygens (including phenoxy) is 2. The van der Waals surface area contributed by atoms with Crippen molar-refractivity contribution in [1.82, 2.24) is 0 Å². The average Bonchev–Trinajstić information content (AvgIpc) is 2.27. The summed E-state index contributed by atoms with van der Waals surface area (Å²) >= 11 is 0. The van der Waals surface area contributed by atoms with E-state index < -0.39 is 6.29 Å². The number of carbonyl (C=O) groups excluding carboxylic acids is 1. The third kappa shape index (κ3) is 3.93. The highest BCUT2D eigenvalue weighted by atomic mass is 16.7. The summed E-state index contributed by atoms with van der Waals surface area (Å²) in [7, 11) is 1.48. The molecule has 1 aliphatic rings. The van der Waals surface area contributed by atoms with Crippen molar-refractivity contribution in [2.24, 2.45) is 0 Å². The van der Waals surface area contributed by atoms with Crippen molar-refractivity contribution >= 4 is 12.0 Å². The lowest BCUT2D eigenvalue weighted by molar-refractivity contribution is -0.444. The molecule has 0 aromatic rings. The van der Waals surface area contributed by atoms with Gasteiger partial charge in [0.05, 0.1) is 0 Å². The van der Waals surface area contributed by atoms with E-state index >= 15 is 0 Å². The minimum atomic E-state index is -0.737. The molecule has 0 N–H and O–H groups in total. The molecule has 0 fully saturated rings. The highest BCUT2D eigenvalue weighted by Crippen LogP contribution is 2.00. The van der Waals surface area contributed by atoms with Crippen molar-refractivity contribution in [1.29, 1.82) is 0 Å². The van der Waals surface area contributed by atoms with Crippen molar-refractivity contribution < 1.29 is 18.8 Å². The third-order valence-corrected chi connectivity index (χ3v) is 2.13. The molecule has 0 aromatic carbocycles. The van der Waals surface area contributed by atoms with Gasteiger partial charge in [-0.2, -0.15) is 0 Å². The Hall–Kier alpha value is -1.00. The number of hydrogen-bond acceptors (Lipinski definition) is 3. The zero-order valence-corrected chi connectivity index (χ0v) is 9.31. The monoisotopic (exact) mass is 212 g/mol. The van der Waals surface area contributed by atoms with Gasteiger partial charge in [0.15, 0.2) is 6.20 Å². The number of ketones is 1. The quantitative estimate of drug-likeness (QED) is 0.486. The van der Waals surface area contributed by atoms with Crippen LogP contribution in [-0.2, 0) is 14.3 Å². The second-order valence-electron chi connectivity index (χ2n) is 3.31. The van der Waals surface area contributed by atoms with Gasteiger partial charge < -0.3 is 9.47 Å². The van der Waals surface area contributed by atoms with Gasteiger partial charge in [0.25, 0.3) is 5.78 Å². The van der Waals surface area contributed by atoms with Crippen LogP contribution in [0, 0.1) is 0 Å². The average molecular weight is 212 g/mol. The van der Waals surface area contributed by atoms with E-state index in [2.05, 4.69) is 6.08 Å². The Morgan fingerprint density at radius 3 is 2.87 bits per heavy atom. The molecule has 1 atom stereocenters. The van der Waals surface area contributed by atoms with Crippen LogP contribution in [0.1, 0.15) is 19.8 Å². The van der Waals surface area contributed by atoms with Gasteiger partial charge in [0, 0.05) is 20.1 Å². The molecule has 0 saturated carbocycles. The summed E-state index contributed by atoms with van der Waals surface area (Å²) < 4.78 is 12.0. The molecule has 0 radical (unpaired) electrons. The van der Waals surface area contributed by atoms with E-state index in [1.165, 1.54) is 7.11 Å². The molecule has 15 heavy (non-hydrogen) atoms. The fraction of sp³-hybridized carbons (Fsp3) is 0.636. The zero-order valence-electron chi connectivity index (χ0n) is 9.31. The maximum atomic E-state index is 11.7. The van der Waals surface area contributed by atoms with Gasteiger partial charge in [-0.25, -0.2) is 4.58 Å². The number of Topliss-reactive ketones (excluding diaryl/α,β-unsaturated/α-hetero) is 1. The Balaban J connectivity index is 2.45. The molecule has 1 aliphatic heterocycles. The highest BCUT2D eigenvalue weighted by molar-refractivity contribution is 5.83. The first-order valence-electron chi connectivity index (χ1n) is 5.20. The lowest BCUT2D eigenvalue weighted by atomic mass is 10.2. The van der Waals surface area contributed by atoms with Crippen LogP contribution in [-0.4, -0.2) is 43.1 Å². The van der Waals surface area contributed by atoms with Gasteiger partial charge in [-0.15, -0.1) is 0 Å². The first kappa shape index (κ1) is 12.1. The van der Waals surface area contributed by atoms with E-state index in [0.29, 0.717) is 13.2 Å². The van der Waals surface area contributed by atoms with Crippen molar-refractivity contribution in [2.75, 3.05) is 20.3 Å². The normalized spacial score (nSPS) is 17.3. The van der Waals surface area contributed by atoms with Gasteiger partial charge >= 0.3 is 0 Å². The maximum absolute atomic E-state index is 11.7. The minimum Gasteiger partial charge on any atom is -0.349 e. The first-order valence-corrected chi connectivity index (χ1v) is 5.20. The Labute approximate surface area is 90.2 Å². The molecule has 4 nitrogen and oxygen atoms in total. The third-order valence-electron chi connectivity index (χ3n) is 2.13. The van der Waals surface area contributed by atoms with Crippen LogP contribution in [0.15, 0.2) is 12.3 Å². The van der Waals surface area contributed by atoms with Gasteiger partial charge in [-0.1, -0.05) is 0 Å². The molecular formula is C11H18NO3+. The van der Waals surface area contributed by atoms with Crippen molar-refractivity contribution in [3.63, 3.8) is 0 Å². The Kier molecular flexibility index (Phi) is 5.21. The molecule has 4 heteroatoms. The number of allylic oxidation sites excluding steroid dienone is 1. The van der Waals surface area contributed by atoms with Crippen LogP contribution >= 0.6 is 0 Å². The summed E-state index contributed by atoms with van der Waals surface area (Å²) in [6, 6.07) is 0. The van der Waals surface area contributed by atoms with Crippen LogP contribution in [0.4, 0.5) is 0 Å². The maximum Gasteiger partial charge on any atom is 0.252 e. The largest absolute Gasteiger partial charge is 0.349 e. The second-order valence-corrected chi connectivity index (χ2v) is 3.31. The number of rotatable bonds is 6. The predicted octanol–water partition coefficient (Wildman–Crippen LogP) is 0.955. The Morgan fingerprint density at radius 1 is 1.53 bits per heavy atom. The van der Waals surface area contributed by atoms with Gasteiger partial charge in [0.1, 0.15) is 6.21 Å². The molecule has 0 aliphatic carbocycles. The smallest absolute Gasteiger partial charge is 0.252 e. The number of carbonyl (C=O) groups is 1. The van der Waals surface area contributed by atoms with Crippen molar-refractivity contribution in [3.05, 3.63) is 12.3 Å². The first-order chi connectivity index (χ1) is 7.27. The summed E-state index contributed by atoms with van der Waals surface area (Å²) in [6.07, 6.45) is 7.27. The molecule has 84 valence electrons. The number of nitrogens with zero attached hydrogens (tertiary/aromatic N) is 1. The summed E-state index contributed by atoms with van der Waals surface area (Å²) in [6.45, 7) is 2.63. The standard InChI is InChI=1S/C11H18NO3/c1-3-15-11(14-2)10(13)9-12-7-5-4-6-8-12/h5,7-8,11H,3-4,6,9H2,1-2H3/q+1. The molecule has 0 spiro atoms. The van der Waals surface area contributed by atoms with Gasteiger partial charge in [-0.05, 0) is 19.4 Å². The molecule has 0 saturated heterocycles. The minimum absolute atomic E-state index is 0.0536. The highest BCUT2D eigenvalue weighted by Gasteiger charge is 2.22. The summed E-state index contributed by atoms with van der Waals surface area (Å²) in [5, 5.41) is 0. The number of hydrogen-bond donors (Lipinski definition) is 0. The lowest BCUT2D eigenvalue weighted by Gasteiger charge is -2.12. The molecular weight excluding hydrogens is 194 g/mol. The summed E-state index contributed by atoms with van der Waals surface area (Å²) in [4.78, 5) is 11.7. The molecule has 1 unspecified atom stereocenters. The molecule has 0 amide bonds. The Bertz CT molecular complexity index is 271. The lowest BCUT2D eigenvalue weighted by Crippen LogP contribution is -2.33. The Morgan fingerprint density at radius 2 is 2.33 bits per heavy atom. The van der Waals surface area contributed by atoms with E-state index in [0.717, 1.165) is 12.8 Å². The summed E-state index contributed by atoms with van der Waals surface area (Å²) in [5.74, 6) is -0.0536. The van der Waals surface area contributed by atoms with Crippen LogP contribution in [0.5, 0.6) is 0 Å². The van der Waals surface area contributed by atoms with Crippen LogP contribution in [0.3, 0.4) is 0 Å². The predicted molar refractivity (Wildman–Crippen MR) is 57.0 cm³/mol. The van der Waals surface area contributed by atoms with Gasteiger partial charge in [0.2, 0.25) is 12.8 Å². The molecule has 1 rings (SSSR count). The van der Waals surface area contributed by atoms with Crippen LogP contribution in [0.25, 0.3) is 0 Å². The SMILES string of the molecule is CCOC(OC)C(=O)C[N+]1=CCCC=C1. The zero-order chi connectivity index (χ0) is 11.1. The topological polar surface area (TPSA) is 38.5 Å². The molecule has 0 aromatic heterocycles. The molecule has 1 heterocycles. The van der Waals surface area contributed by atoms with Crippen LogP contribution in [0.2, 0.25) is 0 Å². The van der Waals surface area contributed by atoms with Crippen LogP contribution < -0.4 is 0 Å². The van der Waals surface area contributed by atoms with E-state index in [1.807, 2.05) is 23.9 Å². The van der Waals surface area contributed by atoms with Crippen molar-refractivity contribution in [2.45, 2.75) is 26.1 Å². The summed E-state index contributed by atoms with van der Waals surface area (Å²) in [5.41, 5.74) is 0.